The molecule has 100 valence electrons. The number of hydrogen-bond acceptors (Lipinski definition) is 2. The number of rotatable bonds is 3. The van der Waals surface area contributed by atoms with Crippen molar-refractivity contribution in [2.45, 2.75) is 30.5 Å². The van der Waals surface area contributed by atoms with Crippen LogP contribution in [0.1, 0.15) is 38.6 Å². The van der Waals surface area contributed by atoms with Gasteiger partial charge in [-0.3, -0.25) is 0 Å². The highest BCUT2D eigenvalue weighted by Gasteiger charge is 2.18. The third-order valence-corrected chi connectivity index (χ3v) is 6.30. The first-order chi connectivity index (χ1) is 9.28. The number of methoxy groups -OCH3 is 1. The minimum absolute atomic E-state index is 0.300. The average Bonchev–Trinajstić information content (AvgIpc) is 2.90. The van der Waals surface area contributed by atoms with Crippen molar-refractivity contribution < 1.29 is 4.74 Å². The van der Waals surface area contributed by atoms with E-state index in [1.54, 1.807) is 17.6 Å². The van der Waals surface area contributed by atoms with Crippen LogP contribution in [0.2, 0.25) is 0 Å². The van der Waals surface area contributed by atoms with Gasteiger partial charge in [0.05, 0.1) is 11.9 Å². The van der Waals surface area contributed by atoms with Crippen molar-refractivity contribution in [1.29, 1.82) is 0 Å². The van der Waals surface area contributed by atoms with Crippen molar-refractivity contribution in [3.05, 3.63) is 51.2 Å². The van der Waals surface area contributed by atoms with Crippen LogP contribution in [0, 0.1) is 0 Å². The van der Waals surface area contributed by atoms with Crippen LogP contribution in [0.25, 0.3) is 0 Å². The second-order valence-electron chi connectivity index (χ2n) is 4.94. The highest BCUT2D eigenvalue weighted by atomic mass is 79.9. The van der Waals surface area contributed by atoms with E-state index in [0.29, 0.717) is 4.83 Å². The first-order valence-corrected chi connectivity index (χ1v) is 8.40. The summed E-state index contributed by atoms with van der Waals surface area (Å²) in [5.74, 6) is 0.911. The second-order valence-corrected chi connectivity index (χ2v) is 7.02. The van der Waals surface area contributed by atoms with Gasteiger partial charge >= 0.3 is 0 Å². The molecule has 1 aliphatic rings. The Morgan fingerprint density at radius 1 is 1.16 bits per heavy atom. The Balaban J connectivity index is 1.85. The van der Waals surface area contributed by atoms with E-state index in [1.165, 1.54) is 36.1 Å². The van der Waals surface area contributed by atoms with E-state index in [0.717, 1.165) is 5.75 Å². The van der Waals surface area contributed by atoms with Gasteiger partial charge in [0.1, 0.15) is 5.75 Å². The highest BCUT2D eigenvalue weighted by Crippen LogP contribution is 2.39. The summed E-state index contributed by atoms with van der Waals surface area (Å²) in [4.78, 5) is 3.32. The predicted molar refractivity (Wildman–Crippen MR) is 84.7 cm³/mol. The van der Waals surface area contributed by atoms with Crippen LogP contribution in [0.5, 0.6) is 5.75 Å². The molecule has 0 N–H and O–H groups in total. The number of fused-ring (bicyclic) bond motifs is 1. The van der Waals surface area contributed by atoms with Crippen molar-refractivity contribution in [2.24, 2.45) is 0 Å². The van der Waals surface area contributed by atoms with Crippen molar-refractivity contribution in [1.82, 2.24) is 0 Å². The summed E-state index contributed by atoms with van der Waals surface area (Å²) in [5.41, 5.74) is 2.86. The third-order valence-electron chi connectivity index (χ3n) is 3.67. The predicted octanol–water partition coefficient (Wildman–Crippen LogP) is 5.12. The Kier molecular flexibility index (Phi) is 3.94. The molecule has 0 saturated heterocycles. The first kappa shape index (κ1) is 13.2. The lowest BCUT2D eigenvalue weighted by Gasteiger charge is -2.08. The molecule has 0 aliphatic heterocycles. The summed E-state index contributed by atoms with van der Waals surface area (Å²) in [6, 6.07) is 10.7. The van der Waals surface area contributed by atoms with Crippen LogP contribution < -0.4 is 4.74 Å². The summed E-state index contributed by atoms with van der Waals surface area (Å²) in [6.07, 6.45) is 5.22. The fourth-order valence-electron chi connectivity index (χ4n) is 2.58. The average molecular weight is 337 g/mol. The number of benzene rings is 1. The van der Waals surface area contributed by atoms with Crippen molar-refractivity contribution >= 4 is 27.3 Å². The number of alkyl halides is 1. The van der Waals surface area contributed by atoms with Crippen LogP contribution in [-0.4, -0.2) is 7.11 Å². The number of halogens is 1. The van der Waals surface area contributed by atoms with E-state index in [1.807, 2.05) is 23.5 Å². The van der Waals surface area contributed by atoms with E-state index in [9.17, 15) is 0 Å². The summed E-state index contributed by atoms with van der Waals surface area (Å²) in [6.45, 7) is 0. The van der Waals surface area contributed by atoms with E-state index in [4.69, 9.17) is 4.74 Å². The molecule has 1 aromatic heterocycles. The lowest BCUT2D eigenvalue weighted by molar-refractivity contribution is 0.414. The smallest absolute Gasteiger partial charge is 0.118 e. The zero-order valence-corrected chi connectivity index (χ0v) is 13.4. The number of hydrogen-bond donors (Lipinski definition) is 0. The van der Waals surface area contributed by atoms with Gasteiger partial charge in [-0.1, -0.05) is 28.1 Å². The Morgan fingerprint density at radius 3 is 2.58 bits per heavy atom. The molecular weight excluding hydrogens is 320 g/mol. The first-order valence-electron chi connectivity index (χ1n) is 6.67. The van der Waals surface area contributed by atoms with Gasteiger partial charge in [0, 0.05) is 9.75 Å². The summed E-state index contributed by atoms with van der Waals surface area (Å²) >= 11 is 5.81. The minimum atomic E-state index is 0.300. The Labute approximate surface area is 126 Å². The van der Waals surface area contributed by atoms with E-state index in [-0.39, 0.29) is 0 Å². The Morgan fingerprint density at radius 2 is 1.89 bits per heavy atom. The van der Waals surface area contributed by atoms with Crippen LogP contribution in [-0.2, 0) is 12.8 Å². The number of thiophene rings is 1. The molecule has 0 amide bonds. The van der Waals surface area contributed by atoms with Gasteiger partial charge in [0.15, 0.2) is 0 Å². The molecule has 1 atom stereocenters. The molecule has 2 aromatic rings. The highest BCUT2D eigenvalue weighted by molar-refractivity contribution is 9.09. The van der Waals surface area contributed by atoms with Gasteiger partial charge in [-0.05, 0) is 55.0 Å². The van der Waals surface area contributed by atoms with E-state index >= 15 is 0 Å². The maximum absolute atomic E-state index is 5.21. The van der Waals surface area contributed by atoms with Crippen molar-refractivity contribution in [3.8, 4) is 5.75 Å². The van der Waals surface area contributed by atoms with Gasteiger partial charge in [-0.15, -0.1) is 11.3 Å². The quantitative estimate of drug-likeness (QED) is 0.707. The van der Waals surface area contributed by atoms with E-state index < -0.39 is 0 Å². The summed E-state index contributed by atoms with van der Waals surface area (Å²) in [7, 11) is 1.70. The van der Waals surface area contributed by atoms with Gasteiger partial charge in [-0.25, -0.2) is 0 Å². The fraction of sp³-hybridized carbons (Fsp3) is 0.375. The van der Waals surface area contributed by atoms with Crippen LogP contribution in [0.15, 0.2) is 30.3 Å². The molecule has 1 aliphatic carbocycles. The second kappa shape index (κ2) is 5.68. The molecule has 19 heavy (non-hydrogen) atoms. The van der Waals surface area contributed by atoms with Crippen molar-refractivity contribution in [3.63, 3.8) is 0 Å². The molecule has 1 heterocycles. The van der Waals surface area contributed by atoms with Crippen LogP contribution >= 0.6 is 27.3 Å². The minimum Gasteiger partial charge on any atom is -0.497 e. The molecule has 1 unspecified atom stereocenters. The lowest BCUT2D eigenvalue weighted by atomic mass is 9.99. The standard InChI is InChI=1S/C16H17BrOS/c1-18-13-8-6-11(7-9-13)16(17)15-10-12-4-2-3-5-14(12)19-15/h6-10,16H,2-5H2,1H3. The third kappa shape index (κ3) is 2.72. The maximum Gasteiger partial charge on any atom is 0.118 e. The van der Waals surface area contributed by atoms with Crippen LogP contribution in [0.3, 0.4) is 0 Å². The topological polar surface area (TPSA) is 9.23 Å². The molecule has 3 heteroatoms. The lowest BCUT2D eigenvalue weighted by Crippen LogP contribution is -1.96. The summed E-state index contributed by atoms with van der Waals surface area (Å²) in [5, 5.41) is 0. The largest absolute Gasteiger partial charge is 0.497 e. The molecule has 0 fully saturated rings. The molecular formula is C16H17BrOS. The SMILES string of the molecule is COc1ccc(C(Br)c2cc3c(s2)CCCC3)cc1. The van der Waals surface area contributed by atoms with Crippen molar-refractivity contribution in [2.75, 3.05) is 7.11 Å². The molecule has 3 rings (SSSR count). The summed E-state index contributed by atoms with van der Waals surface area (Å²) < 4.78 is 5.21. The Bertz CT molecular complexity index is 535. The maximum atomic E-state index is 5.21. The number of ether oxygens (including phenoxy) is 1. The van der Waals surface area contributed by atoms with Gasteiger partial charge in [-0.2, -0.15) is 0 Å². The molecule has 0 saturated carbocycles. The van der Waals surface area contributed by atoms with Crippen LogP contribution in [0.4, 0.5) is 0 Å². The van der Waals surface area contributed by atoms with Gasteiger partial charge in [0.2, 0.25) is 0 Å². The number of aryl methyl sites for hydroxylation is 2. The zero-order chi connectivity index (χ0) is 13.2. The molecule has 0 radical (unpaired) electrons. The van der Waals surface area contributed by atoms with Gasteiger partial charge in [0.25, 0.3) is 0 Å². The van der Waals surface area contributed by atoms with Gasteiger partial charge < -0.3 is 4.74 Å². The van der Waals surface area contributed by atoms with E-state index in [2.05, 4.69) is 34.1 Å². The fourth-order valence-corrected chi connectivity index (χ4v) is 4.56. The normalized spacial score (nSPS) is 15.9. The monoisotopic (exact) mass is 336 g/mol. The molecule has 0 spiro atoms. The molecule has 1 nitrogen and oxygen atoms in total. The Hall–Kier alpha value is -0.800. The molecule has 0 bridgehead atoms. The molecule has 1 aromatic carbocycles. The zero-order valence-electron chi connectivity index (χ0n) is 11.0.